The van der Waals surface area contributed by atoms with Crippen molar-refractivity contribution in [1.29, 1.82) is 5.26 Å². The van der Waals surface area contributed by atoms with E-state index in [-0.39, 0.29) is 11.2 Å². The molecule has 1 aromatic rings. The van der Waals surface area contributed by atoms with Crippen molar-refractivity contribution < 1.29 is 9.13 Å². The van der Waals surface area contributed by atoms with Crippen LogP contribution in [-0.2, 0) is 6.42 Å². The average Bonchev–Trinajstić information content (AvgIpc) is 3.16. The first-order chi connectivity index (χ1) is 8.69. The van der Waals surface area contributed by atoms with E-state index in [9.17, 15) is 4.39 Å². The third kappa shape index (κ3) is 2.99. The highest BCUT2D eigenvalue weighted by atomic mass is 19.1. The molecule has 1 aromatic carbocycles. The number of nitrogens with one attached hydrogen (secondary N) is 1. The number of benzene rings is 1. The number of nitriles is 1. The fraction of sp³-hybridized carbons (Fsp3) is 0.500. The van der Waals surface area contributed by atoms with Crippen molar-refractivity contribution in [2.45, 2.75) is 19.3 Å². The van der Waals surface area contributed by atoms with Crippen LogP contribution in [0.1, 0.15) is 18.4 Å². The van der Waals surface area contributed by atoms with Crippen LogP contribution in [0.2, 0.25) is 0 Å². The van der Waals surface area contributed by atoms with E-state index >= 15 is 0 Å². The molecule has 3 nitrogen and oxygen atoms in total. The van der Waals surface area contributed by atoms with E-state index in [0.29, 0.717) is 12.2 Å². The molecule has 0 radical (unpaired) electrons. The van der Waals surface area contributed by atoms with Crippen LogP contribution in [0.3, 0.4) is 0 Å². The molecule has 0 aromatic heterocycles. The molecular formula is C14H17FN2O. The SMILES string of the molecule is COc1ccc(F)cc1CCNCC1(C#N)CC1. The lowest BCUT2D eigenvalue weighted by Gasteiger charge is -2.10. The molecule has 0 heterocycles. The molecule has 0 aliphatic heterocycles. The van der Waals surface area contributed by atoms with Crippen LogP contribution < -0.4 is 10.1 Å². The summed E-state index contributed by atoms with van der Waals surface area (Å²) in [4.78, 5) is 0. The van der Waals surface area contributed by atoms with E-state index in [2.05, 4.69) is 11.4 Å². The minimum absolute atomic E-state index is 0.133. The van der Waals surface area contributed by atoms with Crippen molar-refractivity contribution in [1.82, 2.24) is 5.32 Å². The van der Waals surface area contributed by atoms with Crippen LogP contribution >= 0.6 is 0 Å². The number of rotatable bonds is 6. The molecule has 0 saturated heterocycles. The van der Waals surface area contributed by atoms with Gasteiger partial charge in [0.1, 0.15) is 11.6 Å². The predicted molar refractivity (Wildman–Crippen MR) is 66.8 cm³/mol. The molecule has 1 N–H and O–H groups in total. The van der Waals surface area contributed by atoms with Gasteiger partial charge in [-0.15, -0.1) is 0 Å². The van der Waals surface area contributed by atoms with Crippen LogP contribution in [0.15, 0.2) is 18.2 Å². The van der Waals surface area contributed by atoms with Gasteiger partial charge in [0.25, 0.3) is 0 Å². The Bertz CT molecular complexity index is 463. The summed E-state index contributed by atoms with van der Waals surface area (Å²) in [5.41, 5.74) is 0.721. The maximum atomic E-state index is 13.1. The third-order valence-corrected chi connectivity index (χ3v) is 3.37. The molecule has 0 unspecified atom stereocenters. The van der Waals surface area contributed by atoms with E-state index in [1.807, 2.05) is 0 Å². The van der Waals surface area contributed by atoms with Crippen molar-refractivity contribution in [3.05, 3.63) is 29.6 Å². The van der Waals surface area contributed by atoms with Gasteiger partial charge in [-0.1, -0.05) is 0 Å². The molecule has 96 valence electrons. The van der Waals surface area contributed by atoms with Gasteiger partial charge in [0.2, 0.25) is 0 Å². The van der Waals surface area contributed by atoms with Crippen LogP contribution in [0, 0.1) is 22.6 Å². The van der Waals surface area contributed by atoms with Gasteiger partial charge in [0.15, 0.2) is 0 Å². The Morgan fingerprint density at radius 2 is 2.28 bits per heavy atom. The average molecular weight is 248 g/mol. The van der Waals surface area contributed by atoms with Gasteiger partial charge in [-0.2, -0.15) is 5.26 Å². The molecule has 0 amide bonds. The first-order valence-electron chi connectivity index (χ1n) is 6.13. The number of hydrogen-bond acceptors (Lipinski definition) is 3. The minimum atomic E-state index is -0.249. The van der Waals surface area contributed by atoms with Crippen LogP contribution in [0.25, 0.3) is 0 Å². The maximum Gasteiger partial charge on any atom is 0.123 e. The lowest BCUT2D eigenvalue weighted by molar-refractivity contribution is 0.407. The molecule has 0 spiro atoms. The molecule has 1 saturated carbocycles. The second kappa shape index (κ2) is 5.36. The standard InChI is InChI=1S/C14H17FN2O/c1-18-13-3-2-12(15)8-11(13)4-7-17-10-14(9-16)5-6-14/h2-3,8,17H,4-7,10H2,1H3. The smallest absolute Gasteiger partial charge is 0.123 e. The highest BCUT2D eigenvalue weighted by Crippen LogP contribution is 2.43. The summed E-state index contributed by atoms with van der Waals surface area (Å²) in [5, 5.41) is 12.2. The zero-order valence-corrected chi connectivity index (χ0v) is 10.5. The fourth-order valence-electron chi connectivity index (χ4n) is 1.97. The zero-order chi connectivity index (χ0) is 13.0. The minimum Gasteiger partial charge on any atom is -0.496 e. The summed E-state index contributed by atoms with van der Waals surface area (Å²) >= 11 is 0. The molecule has 4 heteroatoms. The number of halogens is 1. The quantitative estimate of drug-likeness (QED) is 0.785. The summed E-state index contributed by atoms with van der Waals surface area (Å²) in [6.45, 7) is 1.45. The van der Waals surface area contributed by atoms with Gasteiger partial charge in [-0.25, -0.2) is 4.39 Å². The summed E-state index contributed by atoms with van der Waals surface area (Å²) in [6, 6.07) is 6.87. The number of hydrogen-bond donors (Lipinski definition) is 1. The molecule has 1 fully saturated rings. The van der Waals surface area contributed by atoms with Gasteiger partial charge in [-0.3, -0.25) is 0 Å². The lowest BCUT2D eigenvalue weighted by Crippen LogP contribution is -2.25. The monoisotopic (exact) mass is 248 g/mol. The van der Waals surface area contributed by atoms with Gasteiger partial charge in [-0.05, 0) is 49.6 Å². The van der Waals surface area contributed by atoms with Crippen molar-refractivity contribution in [3.63, 3.8) is 0 Å². The van der Waals surface area contributed by atoms with E-state index < -0.39 is 0 Å². The third-order valence-electron chi connectivity index (χ3n) is 3.37. The number of methoxy groups -OCH3 is 1. The summed E-state index contributed by atoms with van der Waals surface area (Å²) < 4.78 is 18.3. The Labute approximate surface area is 107 Å². The Morgan fingerprint density at radius 1 is 1.50 bits per heavy atom. The summed E-state index contributed by atoms with van der Waals surface area (Å²) in [7, 11) is 1.58. The van der Waals surface area contributed by atoms with Gasteiger partial charge in [0, 0.05) is 6.54 Å². The van der Waals surface area contributed by atoms with E-state index in [4.69, 9.17) is 10.00 Å². The van der Waals surface area contributed by atoms with Crippen molar-refractivity contribution in [3.8, 4) is 11.8 Å². The highest BCUT2D eigenvalue weighted by Gasteiger charge is 2.42. The Kier molecular flexibility index (Phi) is 3.83. The molecular weight excluding hydrogens is 231 g/mol. The molecule has 1 aliphatic carbocycles. The van der Waals surface area contributed by atoms with Crippen molar-refractivity contribution in [2.24, 2.45) is 5.41 Å². The Morgan fingerprint density at radius 3 is 2.89 bits per heavy atom. The molecule has 18 heavy (non-hydrogen) atoms. The number of ether oxygens (including phenoxy) is 1. The Balaban J connectivity index is 1.83. The van der Waals surface area contributed by atoms with Crippen LogP contribution in [-0.4, -0.2) is 20.2 Å². The van der Waals surface area contributed by atoms with Gasteiger partial charge < -0.3 is 10.1 Å². The van der Waals surface area contributed by atoms with E-state index in [0.717, 1.165) is 31.5 Å². The second-order valence-electron chi connectivity index (χ2n) is 4.78. The molecule has 2 rings (SSSR count). The van der Waals surface area contributed by atoms with E-state index in [1.165, 1.54) is 12.1 Å². The maximum absolute atomic E-state index is 13.1. The normalized spacial score (nSPS) is 16.1. The van der Waals surface area contributed by atoms with Crippen LogP contribution in [0.4, 0.5) is 4.39 Å². The topological polar surface area (TPSA) is 45.0 Å². The molecule has 0 bridgehead atoms. The second-order valence-corrected chi connectivity index (χ2v) is 4.78. The lowest BCUT2D eigenvalue weighted by atomic mass is 10.1. The zero-order valence-electron chi connectivity index (χ0n) is 10.5. The fourth-order valence-corrected chi connectivity index (χ4v) is 1.97. The van der Waals surface area contributed by atoms with Gasteiger partial charge >= 0.3 is 0 Å². The summed E-state index contributed by atoms with van der Waals surface area (Å²) in [6.07, 6.45) is 2.67. The predicted octanol–water partition coefficient (Wildman–Crippen LogP) is 2.27. The molecule has 0 atom stereocenters. The largest absolute Gasteiger partial charge is 0.496 e. The number of nitrogens with zero attached hydrogens (tertiary/aromatic N) is 1. The summed E-state index contributed by atoms with van der Waals surface area (Å²) in [5.74, 6) is 0.459. The van der Waals surface area contributed by atoms with Crippen molar-refractivity contribution in [2.75, 3.05) is 20.2 Å². The first kappa shape index (κ1) is 12.8. The molecule has 1 aliphatic rings. The van der Waals surface area contributed by atoms with Crippen LogP contribution in [0.5, 0.6) is 5.75 Å². The Hall–Kier alpha value is -1.60. The van der Waals surface area contributed by atoms with E-state index in [1.54, 1.807) is 13.2 Å². The van der Waals surface area contributed by atoms with Crippen molar-refractivity contribution >= 4 is 0 Å². The first-order valence-corrected chi connectivity index (χ1v) is 6.13. The van der Waals surface area contributed by atoms with Gasteiger partial charge in [0.05, 0.1) is 18.6 Å². The highest BCUT2D eigenvalue weighted by molar-refractivity contribution is 5.34.